The minimum atomic E-state index is -1.10. The summed E-state index contributed by atoms with van der Waals surface area (Å²) in [6.07, 6.45) is 0. The summed E-state index contributed by atoms with van der Waals surface area (Å²) in [5.74, 6) is -0.218. The molecule has 2 aliphatic rings. The van der Waals surface area contributed by atoms with E-state index in [-0.39, 0.29) is 12.0 Å². The first-order chi connectivity index (χ1) is 12.2. The predicted octanol–water partition coefficient (Wildman–Crippen LogP) is 2.63. The van der Waals surface area contributed by atoms with Crippen LogP contribution in [0.4, 0.5) is 0 Å². The number of nitrogens with one attached hydrogen (secondary N) is 2. The van der Waals surface area contributed by atoms with Gasteiger partial charge < -0.3 is 20.1 Å². The summed E-state index contributed by atoms with van der Waals surface area (Å²) in [6, 6.07) is 17.0. The summed E-state index contributed by atoms with van der Waals surface area (Å²) in [6.45, 7) is 2.10. The van der Waals surface area contributed by atoms with Crippen LogP contribution in [-0.4, -0.2) is 17.7 Å². The molecule has 0 saturated carbocycles. The van der Waals surface area contributed by atoms with Crippen molar-refractivity contribution in [1.29, 1.82) is 0 Å². The minimum absolute atomic E-state index is 0.305. The third kappa shape index (κ3) is 2.44. The highest BCUT2D eigenvalue weighted by molar-refractivity contribution is 7.80. The van der Waals surface area contributed by atoms with Crippen molar-refractivity contribution in [2.24, 2.45) is 5.92 Å². The van der Waals surface area contributed by atoms with E-state index < -0.39 is 11.6 Å². The van der Waals surface area contributed by atoms with E-state index in [9.17, 15) is 4.79 Å². The number of hydrogen-bond donors (Lipinski definition) is 2. The van der Waals surface area contributed by atoms with Crippen LogP contribution in [0, 0.1) is 5.92 Å². The monoisotopic (exact) mass is 354 g/mol. The van der Waals surface area contributed by atoms with Crippen LogP contribution < -0.4 is 15.4 Å². The molecule has 2 aliphatic heterocycles. The fraction of sp³-hybridized carbons (Fsp3) is 0.263. The second kappa shape index (κ2) is 6.04. The topological polar surface area (TPSA) is 59.6 Å². The van der Waals surface area contributed by atoms with Gasteiger partial charge in [0.05, 0.1) is 12.6 Å². The molecule has 0 aromatic heterocycles. The van der Waals surface area contributed by atoms with Gasteiger partial charge in [0.15, 0.2) is 5.11 Å². The summed E-state index contributed by atoms with van der Waals surface area (Å²) < 4.78 is 11.8. The standard InChI is InChI=1S/C19H18N2O3S/c1-2-23-17(22)15-16-13-10-6-7-11-14(13)24-19(15,21-18(25)20-16)12-8-4-3-5-9-12/h3-11,15-16H,2H2,1H3,(H2,20,21,25)/t15-,16-,19+/m1/s1. The number of thiocarbonyl (C=S) groups is 1. The van der Waals surface area contributed by atoms with E-state index in [4.69, 9.17) is 21.7 Å². The third-order valence-electron chi connectivity index (χ3n) is 4.63. The quantitative estimate of drug-likeness (QED) is 0.653. The van der Waals surface area contributed by atoms with Gasteiger partial charge in [-0.05, 0) is 25.2 Å². The van der Waals surface area contributed by atoms with Crippen LogP contribution in [0.15, 0.2) is 54.6 Å². The lowest BCUT2D eigenvalue weighted by atomic mass is 9.76. The van der Waals surface area contributed by atoms with Gasteiger partial charge in [-0.15, -0.1) is 0 Å². The molecular formula is C19H18N2O3S. The summed E-state index contributed by atoms with van der Waals surface area (Å²) >= 11 is 5.41. The molecule has 25 heavy (non-hydrogen) atoms. The van der Waals surface area contributed by atoms with Crippen LogP contribution in [0.1, 0.15) is 24.1 Å². The first-order valence-electron chi connectivity index (χ1n) is 8.24. The van der Waals surface area contributed by atoms with Gasteiger partial charge in [-0.25, -0.2) is 0 Å². The van der Waals surface area contributed by atoms with Gasteiger partial charge in [-0.3, -0.25) is 4.79 Å². The number of ether oxygens (including phenoxy) is 2. The Labute approximate surface area is 151 Å². The van der Waals surface area contributed by atoms with E-state index in [0.717, 1.165) is 16.9 Å². The van der Waals surface area contributed by atoms with Gasteiger partial charge in [0, 0.05) is 11.1 Å². The van der Waals surface area contributed by atoms with Crippen molar-refractivity contribution in [2.75, 3.05) is 6.61 Å². The number of carbonyl (C=O) groups excluding carboxylic acids is 1. The fourth-order valence-electron chi connectivity index (χ4n) is 3.62. The highest BCUT2D eigenvalue weighted by Gasteiger charge is 2.59. The van der Waals surface area contributed by atoms with Crippen LogP contribution in [-0.2, 0) is 15.3 Å². The van der Waals surface area contributed by atoms with Crippen molar-refractivity contribution in [3.63, 3.8) is 0 Å². The van der Waals surface area contributed by atoms with Crippen LogP contribution >= 0.6 is 12.2 Å². The Balaban J connectivity index is 1.94. The molecule has 6 heteroatoms. The molecule has 0 unspecified atom stereocenters. The maximum Gasteiger partial charge on any atom is 0.317 e. The number of hydrogen-bond acceptors (Lipinski definition) is 4. The second-order valence-electron chi connectivity index (χ2n) is 6.05. The van der Waals surface area contributed by atoms with E-state index in [1.807, 2.05) is 54.6 Å². The Morgan fingerprint density at radius 3 is 2.68 bits per heavy atom. The largest absolute Gasteiger partial charge is 0.466 e. The average molecular weight is 354 g/mol. The van der Waals surface area contributed by atoms with Crippen LogP contribution in [0.5, 0.6) is 5.75 Å². The van der Waals surface area contributed by atoms with E-state index in [1.165, 1.54) is 0 Å². The predicted molar refractivity (Wildman–Crippen MR) is 96.9 cm³/mol. The number of para-hydroxylation sites is 1. The van der Waals surface area contributed by atoms with Crippen molar-refractivity contribution in [3.05, 3.63) is 65.7 Å². The molecule has 2 N–H and O–H groups in total. The average Bonchev–Trinajstić information content (AvgIpc) is 2.62. The lowest BCUT2D eigenvalue weighted by Crippen LogP contribution is -2.69. The molecule has 2 heterocycles. The molecular weight excluding hydrogens is 336 g/mol. The highest BCUT2D eigenvalue weighted by Crippen LogP contribution is 2.49. The molecule has 0 aliphatic carbocycles. The number of carbonyl (C=O) groups is 1. The smallest absolute Gasteiger partial charge is 0.317 e. The molecule has 4 rings (SSSR count). The maximum absolute atomic E-state index is 12.9. The molecule has 0 radical (unpaired) electrons. The molecule has 1 fully saturated rings. The number of rotatable bonds is 3. The molecule has 2 aromatic carbocycles. The second-order valence-corrected chi connectivity index (χ2v) is 6.46. The van der Waals surface area contributed by atoms with Crippen molar-refractivity contribution in [2.45, 2.75) is 18.7 Å². The van der Waals surface area contributed by atoms with Crippen LogP contribution in [0.2, 0.25) is 0 Å². The zero-order valence-corrected chi connectivity index (χ0v) is 14.5. The number of benzene rings is 2. The minimum Gasteiger partial charge on any atom is -0.466 e. The Morgan fingerprint density at radius 2 is 1.92 bits per heavy atom. The first-order valence-corrected chi connectivity index (χ1v) is 8.65. The SMILES string of the molecule is CCOC(=O)[C@H]1[C@@H]2NC(=S)N[C@@]1(c1ccccc1)Oc1ccccc12. The number of fused-ring (bicyclic) bond motifs is 4. The molecule has 5 nitrogen and oxygen atoms in total. The Morgan fingerprint density at radius 1 is 1.20 bits per heavy atom. The van der Waals surface area contributed by atoms with E-state index in [1.54, 1.807) is 6.92 Å². The molecule has 2 aromatic rings. The zero-order chi connectivity index (χ0) is 17.4. The van der Waals surface area contributed by atoms with Gasteiger partial charge >= 0.3 is 5.97 Å². The van der Waals surface area contributed by atoms with Gasteiger partial charge in [-0.1, -0.05) is 48.5 Å². The first kappa shape index (κ1) is 15.9. The van der Waals surface area contributed by atoms with Crippen molar-refractivity contribution < 1.29 is 14.3 Å². The van der Waals surface area contributed by atoms with E-state index in [0.29, 0.717) is 11.7 Å². The lowest BCUT2D eigenvalue weighted by molar-refractivity contribution is -0.165. The van der Waals surface area contributed by atoms with Gasteiger partial charge in [-0.2, -0.15) is 0 Å². The van der Waals surface area contributed by atoms with Crippen molar-refractivity contribution in [3.8, 4) is 5.75 Å². The molecule has 0 amide bonds. The maximum atomic E-state index is 12.9. The third-order valence-corrected chi connectivity index (χ3v) is 4.85. The van der Waals surface area contributed by atoms with Crippen LogP contribution in [0.3, 0.4) is 0 Å². The Hall–Kier alpha value is -2.60. The highest BCUT2D eigenvalue weighted by atomic mass is 32.1. The van der Waals surface area contributed by atoms with Gasteiger partial charge in [0.2, 0.25) is 5.72 Å². The summed E-state index contributed by atoms with van der Waals surface area (Å²) in [7, 11) is 0. The normalized spacial score (nSPS) is 26.5. The lowest BCUT2D eigenvalue weighted by Gasteiger charge is -2.51. The zero-order valence-electron chi connectivity index (χ0n) is 13.7. The van der Waals surface area contributed by atoms with Crippen LogP contribution in [0.25, 0.3) is 0 Å². The summed E-state index contributed by atoms with van der Waals surface area (Å²) in [5.41, 5.74) is 0.627. The van der Waals surface area contributed by atoms with E-state index in [2.05, 4.69) is 10.6 Å². The van der Waals surface area contributed by atoms with Gasteiger partial charge in [0.1, 0.15) is 11.7 Å². The molecule has 2 bridgehead atoms. The van der Waals surface area contributed by atoms with E-state index >= 15 is 0 Å². The van der Waals surface area contributed by atoms with Gasteiger partial charge in [0.25, 0.3) is 0 Å². The molecule has 3 atom stereocenters. The van der Waals surface area contributed by atoms with Crippen molar-refractivity contribution >= 4 is 23.3 Å². The molecule has 0 spiro atoms. The summed E-state index contributed by atoms with van der Waals surface area (Å²) in [4.78, 5) is 12.9. The Bertz CT molecular complexity index is 826. The number of esters is 1. The van der Waals surface area contributed by atoms with Crippen molar-refractivity contribution in [1.82, 2.24) is 10.6 Å². The Kier molecular flexibility index (Phi) is 3.84. The fourth-order valence-corrected chi connectivity index (χ4v) is 3.90. The molecule has 128 valence electrons. The summed E-state index contributed by atoms with van der Waals surface area (Å²) in [5, 5.41) is 6.88. The molecule has 1 saturated heterocycles.